The Hall–Kier alpha value is -3.25. The van der Waals surface area contributed by atoms with Crippen LogP contribution in [0, 0.1) is 0 Å². The van der Waals surface area contributed by atoms with Gasteiger partial charge >= 0.3 is 0 Å². The predicted molar refractivity (Wildman–Crippen MR) is 151 cm³/mol. The van der Waals surface area contributed by atoms with Crippen LogP contribution in [0.3, 0.4) is 0 Å². The van der Waals surface area contributed by atoms with E-state index in [0.717, 1.165) is 0 Å². The molecule has 0 spiro atoms. The van der Waals surface area contributed by atoms with Gasteiger partial charge in [0.1, 0.15) is 30.1 Å². The summed E-state index contributed by atoms with van der Waals surface area (Å²) >= 11 is 4.15. The Morgan fingerprint density at radius 2 is 1.63 bits per heavy atom. The topological polar surface area (TPSA) is 214 Å². The summed E-state index contributed by atoms with van der Waals surface area (Å²) in [5, 5.41) is 21.0. The number of methoxy groups -OCH3 is 1. The smallest absolute Gasteiger partial charge is 0.256 e. The van der Waals surface area contributed by atoms with Gasteiger partial charge in [-0.1, -0.05) is 0 Å². The SMILES string of the molecule is CNC(=O)[C@H](CO)NC(=O)[C@@H]1CCCN1C(=O)[C@H](S)NC(=O)COCCOCCNc1c(NCCOC)c(=O)c1=O. The van der Waals surface area contributed by atoms with Gasteiger partial charge in [0.15, 0.2) is 5.37 Å². The number of hydrogen-bond donors (Lipinski definition) is 7. The van der Waals surface area contributed by atoms with Gasteiger partial charge in [-0.05, 0) is 12.8 Å². The number of aliphatic hydroxyl groups excluding tert-OH is 1. The second-order valence-electron chi connectivity index (χ2n) is 8.94. The largest absolute Gasteiger partial charge is 0.394 e. The number of aliphatic hydroxyl groups is 1. The molecule has 230 valence electrons. The van der Waals surface area contributed by atoms with Crippen LogP contribution in [0.4, 0.5) is 11.4 Å². The van der Waals surface area contributed by atoms with Gasteiger partial charge in [-0.15, -0.1) is 12.6 Å². The molecular formula is C24H38N6O10S. The van der Waals surface area contributed by atoms with E-state index in [2.05, 4.69) is 39.2 Å². The van der Waals surface area contributed by atoms with Gasteiger partial charge < -0.3 is 50.8 Å². The zero-order valence-electron chi connectivity index (χ0n) is 23.0. The first-order valence-corrected chi connectivity index (χ1v) is 13.5. The fourth-order valence-electron chi connectivity index (χ4n) is 3.99. The number of ether oxygens (including phenoxy) is 3. The highest BCUT2D eigenvalue weighted by Crippen LogP contribution is 2.19. The van der Waals surface area contributed by atoms with Crippen LogP contribution in [0.1, 0.15) is 12.8 Å². The summed E-state index contributed by atoms with van der Waals surface area (Å²) < 4.78 is 15.5. The van der Waals surface area contributed by atoms with Crippen molar-refractivity contribution < 1.29 is 38.5 Å². The molecular weight excluding hydrogens is 564 g/mol. The number of nitrogens with zero attached hydrogens (tertiary/aromatic N) is 1. The Morgan fingerprint density at radius 1 is 1.00 bits per heavy atom. The Bertz CT molecular complexity index is 1110. The lowest BCUT2D eigenvalue weighted by atomic mass is 10.2. The van der Waals surface area contributed by atoms with E-state index in [0.29, 0.717) is 26.0 Å². The Kier molecular flexibility index (Phi) is 14.5. The summed E-state index contributed by atoms with van der Waals surface area (Å²) in [6.07, 6.45) is 0.897. The van der Waals surface area contributed by atoms with Crippen LogP contribution in [0.25, 0.3) is 0 Å². The lowest BCUT2D eigenvalue weighted by molar-refractivity contribution is -0.141. The van der Waals surface area contributed by atoms with Crippen molar-refractivity contribution >= 4 is 47.6 Å². The highest BCUT2D eigenvalue weighted by molar-refractivity contribution is 7.81. The first-order valence-electron chi connectivity index (χ1n) is 13.0. The number of carbonyl (C=O) groups excluding carboxylic acids is 4. The molecule has 1 aromatic carbocycles. The number of thiol groups is 1. The molecule has 0 aliphatic carbocycles. The van der Waals surface area contributed by atoms with Gasteiger partial charge in [0.2, 0.25) is 17.7 Å². The van der Waals surface area contributed by atoms with E-state index in [4.69, 9.17) is 14.2 Å². The minimum atomic E-state index is -1.22. The molecule has 1 aliphatic heterocycles. The van der Waals surface area contributed by atoms with E-state index in [1.165, 1.54) is 19.1 Å². The van der Waals surface area contributed by atoms with Gasteiger partial charge in [-0.3, -0.25) is 28.8 Å². The minimum absolute atomic E-state index is 0.0777. The predicted octanol–water partition coefficient (Wildman–Crippen LogP) is -3.63. The molecule has 0 aromatic heterocycles. The van der Waals surface area contributed by atoms with Crippen molar-refractivity contribution in [3.63, 3.8) is 0 Å². The molecule has 0 unspecified atom stereocenters. The normalized spacial score (nSPS) is 16.2. The zero-order valence-corrected chi connectivity index (χ0v) is 23.9. The monoisotopic (exact) mass is 602 g/mol. The highest BCUT2D eigenvalue weighted by Gasteiger charge is 2.37. The van der Waals surface area contributed by atoms with Crippen LogP contribution >= 0.6 is 12.6 Å². The van der Waals surface area contributed by atoms with Crippen molar-refractivity contribution in [2.45, 2.75) is 30.3 Å². The highest BCUT2D eigenvalue weighted by atomic mass is 32.1. The van der Waals surface area contributed by atoms with E-state index in [1.807, 2.05) is 0 Å². The van der Waals surface area contributed by atoms with Crippen molar-refractivity contribution in [3.05, 3.63) is 20.4 Å². The van der Waals surface area contributed by atoms with Crippen LogP contribution in [0.2, 0.25) is 0 Å². The first kappa shape index (κ1) is 34.0. The quantitative estimate of drug-likeness (QED) is 0.0354. The number of nitrogens with one attached hydrogen (secondary N) is 5. The molecule has 2 rings (SSSR count). The standard InChI is InChI=1S/C24H38N6O10S/c1-25-21(35)14(12-31)28-22(36)15-4-3-7-30(15)24(37)23(41)29-16(32)13-40-11-10-39-9-6-27-18-17(19(33)20(18)34)26-5-8-38-2/h14-15,23,26-27,31,41H,3-13H2,1-2H3,(H,25,35)(H,28,36)(H,29,32)/t14-,15-,23-/m0/s1. The molecule has 6 N–H and O–H groups in total. The van der Waals surface area contributed by atoms with E-state index >= 15 is 0 Å². The molecule has 1 aromatic rings. The fraction of sp³-hybridized carbons (Fsp3) is 0.667. The first-order chi connectivity index (χ1) is 19.7. The maximum absolute atomic E-state index is 12.8. The fourth-order valence-corrected chi connectivity index (χ4v) is 4.28. The summed E-state index contributed by atoms with van der Waals surface area (Å²) in [5.41, 5.74) is -0.749. The minimum Gasteiger partial charge on any atom is -0.394 e. The maximum atomic E-state index is 12.8. The lowest BCUT2D eigenvalue weighted by Crippen LogP contribution is -2.56. The average Bonchev–Trinajstić information content (AvgIpc) is 3.46. The zero-order chi connectivity index (χ0) is 30.4. The van der Waals surface area contributed by atoms with Gasteiger partial charge in [-0.25, -0.2) is 0 Å². The Morgan fingerprint density at radius 3 is 2.24 bits per heavy atom. The third-order valence-corrected chi connectivity index (χ3v) is 6.45. The van der Waals surface area contributed by atoms with Gasteiger partial charge in [0.25, 0.3) is 16.8 Å². The third-order valence-electron chi connectivity index (χ3n) is 6.10. The molecule has 3 atom stereocenters. The van der Waals surface area contributed by atoms with Crippen LogP contribution in [0.5, 0.6) is 0 Å². The molecule has 1 fully saturated rings. The molecule has 1 aliphatic rings. The average molecular weight is 603 g/mol. The molecule has 4 amide bonds. The van der Waals surface area contributed by atoms with E-state index in [9.17, 15) is 33.9 Å². The van der Waals surface area contributed by atoms with Gasteiger partial charge in [-0.2, -0.15) is 0 Å². The van der Waals surface area contributed by atoms with E-state index in [-0.39, 0.29) is 50.9 Å². The van der Waals surface area contributed by atoms with Crippen LogP contribution in [-0.4, -0.2) is 125 Å². The van der Waals surface area contributed by atoms with Gasteiger partial charge in [0.05, 0.1) is 33.0 Å². The Balaban J connectivity index is 1.64. The van der Waals surface area contributed by atoms with Gasteiger partial charge in [0, 0.05) is 33.8 Å². The summed E-state index contributed by atoms with van der Waals surface area (Å²) in [6.45, 7) is 0.796. The van der Waals surface area contributed by atoms with Crippen molar-refractivity contribution in [3.8, 4) is 0 Å². The van der Waals surface area contributed by atoms with E-state index in [1.54, 1.807) is 0 Å². The van der Waals surface area contributed by atoms with E-state index < -0.39 is 58.6 Å². The van der Waals surface area contributed by atoms with Crippen molar-refractivity contribution in [1.82, 2.24) is 20.9 Å². The van der Waals surface area contributed by atoms with Crippen LogP contribution < -0.4 is 37.4 Å². The molecule has 0 radical (unpaired) electrons. The molecule has 1 saturated heterocycles. The number of hydrogen-bond acceptors (Lipinski definition) is 13. The number of amides is 4. The molecule has 41 heavy (non-hydrogen) atoms. The summed E-state index contributed by atoms with van der Waals surface area (Å²) in [4.78, 5) is 73.9. The Labute approximate surface area is 241 Å². The summed E-state index contributed by atoms with van der Waals surface area (Å²) in [7, 11) is 2.89. The van der Waals surface area contributed by atoms with Crippen molar-refractivity contribution in [2.75, 3.05) is 84.1 Å². The number of rotatable bonds is 19. The maximum Gasteiger partial charge on any atom is 0.256 e. The molecule has 0 saturated carbocycles. The summed E-state index contributed by atoms with van der Waals surface area (Å²) in [6, 6.07) is -2.02. The van der Waals surface area contributed by atoms with Crippen LogP contribution in [-0.2, 0) is 33.4 Å². The van der Waals surface area contributed by atoms with Crippen LogP contribution in [0.15, 0.2) is 9.59 Å². The van der Waals surface area contributed by atoms with Crippen molar-refractivity contribution in [1.29, 1.82) is 0 Å². The van der Waals surface area contributed by atoms with Crippen molar-refractivity contribution in [2.24, 2.45) is 0 Å². The summed E-state index contributed by atoms with van der Waals surface area (Å²) in [5.74, 6) is -2.35. The number of likely N-dealkylation sites (N-methyl/N-ethyl adjacent to an activating group) is 1. The number of likely N-dealkylation sites (tertiary alicyclic amines) is 1. The second kappa shape index (κ2) is 17.5. The second-order valence-corrected chi connectivity index (χ2v) is 9.45. The number of carbonyl (C=O) groups is 4. The molecule has 0 bridgehead atoms. The molecule has 17 heteroatoms. The molecule has 16 nitrogen and oxygen atoms in total. The lowest BCUT2D eigenvalue weighted by Gasteiger charge is -2.27. The third kappa shape index (κ3) is 9.96. The number of anilines is 2. The molecule has 1 heterocycles.